The summed E-state index contributed by atoms with van der Waals surface area (Å²) < 4.78 is 0.840. The maximum absolute atomic E-state index is 13.1. The van der Waals surface area contributed by atoms with Crippen LogP contribution in [0.5, 0.6) is 0 Å². The van der Waals surface area contributed by atoms with Crippen LogP contribution in [0.1, 0.15) is 22.3 Å². The Hall–Kier alpha value is -3.69. The lowest BCUT2D eigenvalue weighted by Crippen LogP contribution is -2.30. The smallest absolute Gasteiger partial charge is 0.272 e. The minimum atomic E-state index is -0.488. The molecule has 1 unspecified atom stereocenters. The first-order valence-corrected chi connectivity index (χ1v) is 12.7. The standard InChI is InChI=1S/C27H22BrN3O4S/c1-31-24(32)16-23(27(31)35)36-21-12-10-20(11-13-21)29-26(34)22(15-17-6-5-9-19(28)14-17)30-25(33)18-7-3-2-4-8-18/h2-15,23H,16H2,1H3,(H,29,34)(H,30,33)/b22-15-. The summed E-state index contributed by atoms with van der Waals surface area (Å²) >= 11 is 4.73. The number of nitrogens with one attached hydrogen (secondary N) is 2. The van der Waals surface area contributed by atoms with Gasteiger partial charge in [0, 0.05) is 34.1 Å². The molecule has 0 aromatic heterocycles. The van der Waals surface area contributed by atoms with Crippen LogP contribution in [0.3, 0.4) is 0 Å². The molecule has 1 saturated heterocycles. The van der Waals surface area contributed by atoms with Gasteiger partial charge in [-0.25, -0.2) is 0 Å². The van der Waals surface area contributed by atoms with E-state index in [9.17, 15) is 19.2 Å². The lowest BCUT2D eigenvalue weighted by atomic mass is 10.1. The molecule has 9 heteroatoms. The number of anilines is 1. The Kier molecular flexibility index (Phi) is 8.02. The molecule has 0 spiro atoms. The van der Waals surface area contributed by atoms with Crippen LogP contribution in [0.25, 0.3) is 6.08 Å². The van der Waals surface area contributed by atoms with Gasteiger partial charge >= 0.3 is 0 Å². The molecule has 4 amide bonds. The summed E-state index contributed by atoms with van der Waals surface area (Å²) in [5.41, 5.74) is 1.76. The second kappa shape index (κ2) is 11.4. The van der Waals surface area contributed by atoms with Crippen LogP contribution in [0.15, 0.2) is 93.9 Å². The van der Waals surface area contributed by atoms with E-state index in [-0.39, 0.29) is 23.9 Å². The van der Waals surface area contributed by atoms with E-state index in [0.29, 0.717) is 11.3 Å². The van der Waals surface area contributed by atoms with E-state index in [4.69, 9.17) is 0 Å². The summed E-state index contributed by atoms with van der Waals surface area (Å²) in [5.74, 6) is -1.29. The number of halogens is 1. The molecule has 3 aromatic rings. The number of carbonyl (C=O) groups excluding carboxylic acids is 4. The lowest BCUT2D eigenvalue weighted by molar-refractivity contribution is -0.136. The quantitative estimate of drug-likeness (QED) is 0.320. The van der Waals surface area contributed by atoms with E-state index in [0.717, 1.165) is 19.8 Å². The Morgan fingerprint density at radius 2 is 1.72 bits per heavy atom. The largest absolute Gasteiger partial charge is 0.321 e. The Labute approximate surface area is 221 Å². The van der Waals surface area contributed by atoms with Crippen molar-refractivity contribution in [1.29, 1.82) is 0 Å². The van der Waals surface area contributed by atoms with E-state index in [2.05, 4.69) is 26.6 Å². The number of thioether (sulfide) groups is 1. The first-order valence-electron chi connectivity index (χ1n) is 11.0. The predicted molar refractivity (Wildman–Crippen MR) is 143 cm³/mol. The van der Waals surface area contributed by atoms with Gasteiger partial charge in [-0.1, -0.05) is 46.3 Å². The summed E-state index contributed by atoms with van der Waals surface area (Å²) in [5, 5.41) is 5.07. The van der Waals surface area contributed by atoms with Crippen molar-refractivity contribution in [2.75, 3.05) is 12.4 Å². The molecule has 4 rings (SSSR count). The van der Waals surface area contributed by atoms with Gasteiger partial charge in [0.15, 0.2) is 0 Å². The average Bonchev–Trinajstić information content (AvgIpc) is 3.11. The Balaban J connectivity index is 1.49. The Morgan fingerprint density at radius 3 is 2.36 bits per heavy atom. The maximum atomic E-state index is 13.1. The van der Waals surface area contributed by atoms with Gasteiger partial charge < -0.3 is 10.6 Å². The van der Waals surface area contributed by atoms with Crippen molar-refractivity contribution in [2.45, 2.75) is 16.6 Å². The van der Waals surface area contributed by atoms with Crippen LogP contribution in [-0.4, -0.2) is 40.8 Å². The number of amides is 4. The number of rotatable bonds is 7. The highest BCUT2D eigenvalue weighted by Crippen LogP contribution is 2.31. The highest BCUT2D eigenvalue weighted by Gasteiger charge is 2.36. The molecule has 0 radical (unpaired) electrons. The topological polar surface area (TPSA) is 95.6 Å². The van der Waals surface area contributed by atoms with Gasteiger partial charge in [-0.05, 0) is 60.2 Å². The fourth-order valence-corrected chi connectivity index (χ4v) is 5.02. The summed E-state index contributed by atoms with van der Waals surface area (Å²) in [6, 6.07) is 23.0. The zero-order valence-corrected chi connectivity index (χ0v) is 21.6. The van der Waals surface area contributed by atoms with Gasteiger partial charge in [0.2, 0.25) is 11.8 Å². The van der Waals surface area contributed by atoms with Crippen LogP contribution in [-0.2, 0) is 14.4 Å². The van der Waals surface area contributed by atoms with Gasteiger partial charge in [0.05, 0.1) is 5.25 Å². The van der Waals surface area contributed by atoms with Crippen LogP contribution in [0.2, 0.25) is 0 Å². The number of imide groups is 1. The minimum absolute atomic E-state index is 0.0820. The fourth-order valence-electron chi connectivity index (χ4n) is 3.50. The molecule has 36 heavy (non-hydrogen) atoms. The molecule has 0 saturated carbocycles. The third-order valence-corrected chi connectivity index (χ3v) is 7.11. The second-order valence-corrected chi connectivity index (χ2v) is 10.2. The fraction of sp³-hybridized carbons (Fsp3) is 0.111. The molecule has 7 nitrogen and oxygen atoms in total. The van der Waals surface area contributed by atoms with E-state index in [1.165, 1.54) is 18.8 Å². The van der Waals surface area contributed by atoms with Crippen LogP contribution < -0.4 is 10.6 Å². The normalized spacial score (nSPS) is 15.7. The molecule has 2 N–H and O–H groups in total. The number of hydrogen-bond acceptors (Lipinski definition) is 5. The highest BCUT2D eigenvalue weighted by molar-refractivity contribution is 9.10. The van der Waals surface area contributed by atoms with Crippen molar-refractivity contribution in [3.63, 3.8) is 0 Å². The van der Waals surface area contributed by atoms with Crippen LogP contribution in [0.4, 0.5) is 5.69 Å². The number of benzene rings is 3. The van der Waals surface area contributed by atoms with E-state index in [1.807, 2.05) is 30.3 Å². The monoisotopic (exact) mass is 563 g/mol. The molecule has 1 fully saturated rings. The molecule has 1 aliphatic heterocycles. The second-order valence-electron chi connectivity index (χ2n) is 8.01. The van der Waals surface area contributed by atoms with Gasteiger partial charge in [-0.3, -0.25) is 24.1 Å². The highest BCUT2D eigenvalue weighted by atomic mass is 79.9. The minimum Gasteiger partial charge on any atom is -0.321 e. The number of hydrogen-bond donors (Lipinski definition) is 2. The summed E-state index contributed by atoms with van der Waals surface area (Å²) in [4.78, 5) is 51.8. The van der Waals surface area contributed by atoms with Crippen molar-refractivity contribution >= 4 is 63.1 Å². The number of likely N-dealkylation sites (tertiary alicyclic amines) is 1. The Bertz CT molecular complexity index is 1340. The first kappa shape index (κ1) is 25.4. The van der Waals surface area contributed by atoms with Gasteiger partial charge in [-0.2, -0.15) is 0 Å². The molecule has 0 bridgehead atoms. The van der Waals surface area contributed by atoms with Gasteiger partial charge in [-0.15, -0.1) is 11.8 Å². The molecule has 0 aliphatic carbocycles. The Morgan fingerprint density at radius 1 is 1.00 bits per heavy atom. The van der Waals surface area contributed by atoms with Crippen molar-refractivity contribution in [3.8, 4) is 0 Å². The molecular weight excluding hydrogens is 542 g/mol. The first-order chi connectivity index (χ1) is 17.3. The SMILES string of the molecule is CN1C(=O)CC(Sc2ccc(NC(=O)/C(=C/c3cccc(Br)c3)NC(=O)c3ccccc3)cc2)C1=O. The zero-order chi connectivity index (χ0) is 25.7. The zero-order valence-electron chi connectivity index (χ0n) is 19.2. The molecule has 1 heterocycles. The van der Waals surface area contributed by atoms with Gasteiger partial charge in [0.1, 0.15) is 5.70 Å². The molecule has 3 aromatic carbocycles. The molecule has 1 atom stereocenters. The maximum Gasteiger partial charge on any atom is 0.272 e. The average molecular weight is 564 g/mol. The van der Waals surface area contributed by atoms with E-state index < -0.39 is 17.1 Å². The number of nitrogens with zero attached hydrogens (tertiary/aromatic N) is 1. The van der Waals surface area contributed by atoms with Crippen molar-refractivity contribution in [3.05, 3.63) is 100 Å². The van der Waals surface area contributed by atoms with Gasteiger partial charge in [0.25, 0.3) is 11.8 Å². The summed E-state index contributed by atoms with van der Waals surface area (Å²) in [7, 11) is 1.49. The van der Waals surface area contributed by atoms with Crippen molar-refractivity contribution in [1.82, 2.24) is 10.2 Å². The van der Waals surface area contributed by atoms with Crippen LogP contribution >= 0.6 is 27.7 Å². The van der Waals surface area contributed by atoms with Crippen LogP contribution in [0, 0.1) is 0 Å². The lowest BCUT2D eigenvalue weighted by Gasteiger charge is -2.12. The third kappa shape index (κ3) is 6.30. The summed E-state index contributed by atoms with van der Waals surface area (Å²) in [6.45, 7) is 0. The molecule has 1 aliphatic rings. The van der Waals surface area contributed by atoms with E-state index >= 15 is 0 Å². The van der Waals surface area contributed by atoms with E-state index in [1.54, 1.807) is 54.6 Å². The third-order valence-electron chi connectivity index (χ3n) is 5.42. The summed E-state index contributed by atoms with van der Waals surface area (Å²) in [6.07, 6.45) is 1.77. The number of carbonyl (C=O) groups is 4. The molecular formula is C27H22BrN3O4S. The molecule has 182 valence electrons. The van der Waals surface area contributed by atoms with Crippen molar-refractivity contribution < 1.29 is 19.2 Å². The van der Waals surface area contributed by atoms with Crippen molar-refractivity contribution in [2.24, 2.45) is 0 Å². The predicted octanol–water partition coefficient (Wildman–Crippen LogP) is 4.71.